The molecular formula is C24H30N4O2S. The van der Waals surface area contributed by atoms with Crippen molar-refractivity contribution in [3.8, 4) is 11.5 Å². The number of rotatable bonds is 7. The SMILES string of the molecule is Cc1nc2cc(OCCCCN3CCN(c4cccc5c4OCCN5)CC3)ccc2s1. The monoisotopic (exact) mass is 438 g/mol. The molecule has 2 aliphatic heterocycles. The number of para-hydroxylation sites is 1. The minimum absolute atomic E-state index is 0.739. The third-order valence-corrected chi connectivity index (χ3v) is 6.93. The molecule has 0 spiro atoms. The van der Waals surface area contributed by atoms with E-state index in [0.717, 1.165) is 93.0 Å². The fourth-order valence-electron chi connectivity index (χ4n) is 4.36. The molecule has 0 aliphatic carbocycles. The number of fused-ring (bicyclic) bond motifs is 2. The van der Waals surface area contributed by atoms with E-state index in [1.807, 2.05) is 6.92 Å². The highest BCUT2D eigenvalue weighted by molar-refractivity contribution is 7.18. The van der Waals surface area contributed by atoms with Crippen LogP contribution in [-0.2, 0) is 0 Å². The second kappa shape index (κ2) is 9.32. The number of nitrogens with one attached hydrogen (secondary N) is 1. The molecule has 3 heterocycles. The Morgan fingerprint density at radius 1 is 1.13 bits per heavy atom. The van der Waals surface area contributed by atoms with Gasteiger partial charge in [-0.3, -0.25) is 4.90 Å². The third-order valence-electron chi connectivity index (χ3n) is 5.97. The van der Waals surface area contributed by atoms with Gasteiger partial charge >= 0.3 is 0 Å². The molecule has 1 fully saturated rings. The molecular weight excluding hydrogens is 408 g/mol. The molecule has 0 radical (unpaired) electrons. The van der Waals surface area contributed by atoms with E-state index in [-0.39, 0.29) is 0 Å². The van der Waals surface area contributed by atoms with Crippen LogP contribution in [0.3, 0.4) is 0 Å². The van der Waals surface area contributed by atoms with Gasteiger partial charge in [0.15, 0.2) is 5.75 Å². The number of benzene rings is 2. The highest BCUT2D eigenvalue weighted by atomic mass is 32.1. The van der Waals surface area contributed by atoms with Crippen LogP contribution < -0.4 is 19.7 Å². The van der Waals surface area contributed by atoms with E-state index in [1.54, 1.807) is 11.3 Å². The average Bonchev–Trinajstić information content (AvgIpc) is 3.18. The lowest BCUT2D eigenvalue weighted by molar-refractivity contribution is 0.237. The van der Waals surface area contributed by atoms with Crippen molar-refractivity contribution >= 4 is 32.9 Å². The van der Waals surface area contributed by atoms with Crippen molar-refractivity contribution < 1.29 is 9.47 Å². The Morgan fingerprint density at radius 2 is 2.03 bits per heavy atom. The summed E-state index contributed by atoms with van der Waals surface area (Å²) in [5, 5.41) is 4.54. The molecule has 5 rings (SSSR count). The van der Waals surface area contributed by atoms with Crippen molar-refractivity contribution in [2.45, 2.75) is 19.8 Å². The fourth-order valence-corrected chi connectivity index (χ4v) is 5.16. The van der Waals surface area contributed by atoms with Gasteiger partial charge in [-0.25, -0.2) is 4.98 Å². The van der Waals surface area contributed by atoms with Gasteiger partial charge in [0, 0.05) is 38.8 Å². The summed E-state index contributed by atoms with van der Waals surface area (Å²) in [6.45, 7) is 9.84. The van der Waals surface area contributed by atoms with Gasteiger partial charge in [-0.15, -0.1) is 11.3 Å². The molecule has 1 N–H and O–H groups in total. The number of hydrogen-bond acceptors (Lipinski definition) is 7. The Bertz CT molecular complexity index is 1030. The molecule has 1 aromatic heterocycles. The summed E-state index contributed by atoms with van der Waals surface area (Å²) in [4.78, 5) is 9.57. The largest absolute Gasteiger partial charge is 0.494 e. The highest BCUT2D eigenvalue weighted by Gasteiger charge is 2.22. The summed E-state index contributed by atoms with van der Waals surface area (Å²) in [6, 6.07) is 12.6. The van der Waals surface area contributed by atoms with Crippen molar-refractivity contribution in [3.63, 3.8) is 0 Å². The number of aromatic nitrogens is 1. The Kier molecular flexibility index (Phi) is 6.13. The first-order valence-corrected chi connectivity index (χ1v) is 12.0. The van der Waals surface area contributed by atoms with Crippen molar-refractivity contribution in [1.82, 2.24) is 9.88 Å². The summed E-state index contributed by atoms with van der Waals surface area (Å²) in [6.07, 6.45) is 2.23. The van der Waals surface area contributed by atoms with E-state index in [0.29, 0.717) is 0 Å². The second-order valence-electron chi connectivity index (χ2n) is 8.18. The molecule has 0 unspecified atom stereocenters. The molecule has 164 valence electrons. The van der Waals surface area contributed by atoms with Crippen LogP contribution in [0, 0.1) is 6.92 Å². The van der Waals surface area contributed by atoms with Crippen LogP contribution in [0.1, 0.15) is 17.8 Å². The zero-order valence-corrected chi connectivity index (χ0v) is 18.9. The zero-order valence-electron chi connectivity index (χ0n) is 18.1. The minimum atomic E-state index is 0.739. The van der Waals surface area contributed by atoms with Crippen molar-refractivity contribution in [3.05, 3.63) is 41.4 Å². The maximum Gasteiger partial charge on any atom is 0.165 e. The first-order chi connectivity index (χ1) is 15.3. The Hall–Kier alpha value is -2.51. The number of ether oxygens (including phenoxy) is 2. The number of anilines is 2. The lowest BCUT2D eigenvalue weighted by atomic mass is 10.2. The normalized spacial score (nSPS) is 16.6. The lowest BCUT2D eigenvalue weighted by Crippen LogP contribution is -2.46. The number of hydrogen-bond donors (Lipinski definition) is 1. The highest BCUT2D eigenvalue weighted by Crippen LogP contribution is 2.38. The second-order valence-corrected chi connectivity index (χ2v) is 9.41. The fraction of sp³-hybridized carbons (Fsp3) is 0.458. The molecule has 2 aromatic carbocycles. The summed E-state index contributed by atoms with van der Waals surface area (Å²) in [7, 11) is 0. The van der Waals surface area contributed by atoms with E-state index in [2.05, 4.69) is 56.5 Å². The summed E-state index contributed by atoms with van der Waals surface area (Å²) < 4.78 is 13.1. The minimum Gasteiger partial charge on any atom is -0.494 e. The molecule has 0 atom stereocenters. The quantitative estimate of drug-likeness (QED) is 0.552. The maximum absolute atomic E-state index is 5.96. The van der Waals surface area contributed by atoms with Crippen LogP contribution >= 0.6 is 11.3 Å². The first kappa shape index (κ1) is 20.4. The number of unbranched alkanes of at least 4 members (excludes halogenated alkanes) is 1. The number of nitrogens with zero attached hydrogens (tertiary/aromatic N) is 3. The van der Waals surface area contributed by atoms with Crippen LogP contribution in [0.5, 0.6) is 11.5 Å². The van der Waals surface area contributed by atoms with Gasteiger partial charge < -0.3 is 19.7 Å². The van der Waals surface area contributed by atoms with E-state index in [1.165, 1.54) is 10.4 Å². The number of thiazole rings is 1. The summed E-state index contributed by atoms with van der Waals surface area (Å²) >= 11 is 1.73. The molecule has 0 amide bonds. The smallest absolute Gasteiger partial charge is 0.165 e. The Morgan fingerprint density at radius 3 is 2.94 bits per heavy atom. The molecule has 6 nitrogen and oxygen atoms in total. The molecule has 1 saturated heterocycles. The molecule has 0 bridgehead atoms. The van der Waals surface area contributed by atoms with E-state index in [9.17, 15) is 0 Å². The van der Waals surface area contributed by atoms with Crippen molar-refractivity contribution in [1.29, 1.82) is 0 Å². The van der Waals surface area contributed by atoms with Gasteiger partial charge in [0.1, 0.15) is 12.4 Å². The lowest BCUT2D eigenvalue weighted by Gasteiger charge is -2.37. The first-order valence-electron chi connectivity index (χ1n) is 11.2. The topological polar surface area (TPSA) is 49.9 Å². The molecule has 7 heteroatoms. The Balaban J connectivity index is 1.04. The van der Waals surface area contributed by atoms with Crippen molar-refractivity contribution in [2.75, 3.05) is 62.7 Å². The molecule has 31 heavy (non-hydrogen) atoms. The number of piperazine rings is 1. The van der Waals surface area contributed by atoms with Crippen LogP contribution in [0.4, 0.5) is 11.4 Å². The van der Waals surface area contributed by atoms with Crippen LogP contribution in [0.25, 0.3) is 10.2 Å². The van der Waals surface area contributed by atoms with E-state index in [4.69, 9.17) is 9.47 Å². The molecule has 3 aromatic rings. The van der Waals surface area contributed by atoms with Gasteiger partial charge in [0.25, 0.3) is 0 Å². The van der Waals surface area contributed by atoms with Gasteiger partial charge in [0.2, 0.25) is 0 Å². The Labute approximate surface area is 187 Å². The van der Waals surface area contributed by atoms with Crippen molar-refractivity contribution in [2.24, 2.45) is 0 Å². The van der Waals surface area contributed by atoms with Gasteiger partial charge in [-0.2, -0.15) is 0 Å². The van der Waals surface area contributed by atoms with Gasteiger partial charge in [-0.05, 0) is 50.6 Å². The average molecular weight is 439 g/mol. The van der Waals surface area contributed by atoms with Crippen LogP contribution in [0.2, 0.25) is 0 Å². The predicted molar refractivity (Wildman–Crippen MR) is 128 cm³/mol. The van der Waals surface area contributed by atoms with Gasteiger partial charge in [-0.1, -0.05) is 6.07 Å². The van der Waals surface area contributed by atoms with Gasteiger partial charge in [0.05, 0.1) is 33.2 Å². The van der Waals surface area contributed by atoms with E-state index < -0.39 is 0 Å². The molecule has 2 aliphatic rings. The molecule has 0 saturated carbocycles. The summed E-state index contributed by atoms with van der Waals surface area (Å²) in [5.74, 6) is 1.94. The zero-order chi connectivity index (χ0) is 21.0. The summed E-state index contributed by atoms with van der Waals surface area (Å²) in [5.41, 5.74) is 3.39. The number of aryl methyl sites for hydroxylation is 1. The van der Waals surface area contributed by atoms with Crippen LogP contribution in [-0.4, -0.2) is 62.4 Å². The van der Waals surface area contributed by atoms with E-state index >= 15 is 0 Å². The standard InChI is InChI=1S/C24H30N4O2S/c1-18-26-21-17-19(7-8-23(21)31-18)29-15-3-2-10-27-11-13-28(14-12-27)22-6-4-5-20-24(22)30-16-9-25-20/h4-8,17,25H,2-3,9-16H2,1H3. The third kappa shape index (κ3) is 4.72. The van der Waals surface area contributed by atoms with Crippen LogP contribution in [0.15, 0.2) is 36.4 Å². The predicted octanol–water partition coefficient (Wildman–Crippen LogP) is 4.39. The maximum atomic E-state index is 5.96.